The van der Waals surface area contributed by atoms with Gasteiger partial charge in [0.15, 0.2) is 16.7 Å². The molecule has 3 heterocycles. The van der Waals surface area contributed by atoms with Crippen molar-refractivity contribution in [3.8, 4) is 11.5 Å². The monoisotopic (exact) mass is 560 g/mol. The maximum Gasteiger partial charge on any atom is 0.342 e. The number of carboxylic acid groups (broad SMARTS) is 1. The van der Waals surface area contributed by atoms with Crippen molar-refractivity contribution in [2.45, 2.75) is 21.5 Å². The van der Waals surface area contributed by atoms with E-state index in [-0.39, 0.29) is 13.1 Å². The van der Waals surface area contributed by atoms with Crippen LogP contribution < -0.4 is 16.5 Å². The second kappa shape index (κ2) is 8.85. The topological polar surface area (TPSA) is 260 Å². The van der Waals surface area contributed by atoms with Crippen molar-refractivity contribution in [1.82, 2.24) is 25.6 Å². The number of rotatable bonds is 7. The zero-order valence-corrected chi connectivity index (χ0v) is 20.1. The van der Waals surface area contributed by atoms with E-state index in [9.17, 15) is 52.3 Å². The van der Waals surface area contributed by atoms with Crippen molar-refractivity contribution < 1.29 is 52.3 Å². The summed E-state index contributed by atoms with van der Waals surface area (Å²) >= 11 is 0.651. The number of hydrogen-bond acceptors (Lipinski definition) is 10. The van der Waals surface area contributed by atoms with Crippen LogP contribution in [0.15, 0.2) is 18.2 Å². The molecule has 200 valence electrons. The normalized spacial score (nSPS) is 25.9. The highest BCUT2D eigenvalue weighted by atomic mass is 32.2. The Hall–Kier alpha value is -3.97. The minimum Gasteiger partial charge on any atom is -0.504 e. The van der Waals surface area contributed by atoms with Crippen LogP contribution in [0.5, 0.6) is 11.5 Å². The minimum absolute atomic E-state index is 0.0916. The molecule has 0 saturated carbocycles. The van der Waals surface area contributed by atoms with E-state index in [1.54, 1.807) is 0 Å². The van der Waals surface area contributed by atoms with Crippen LogP contribution in [0.4, 0.5) is 9.59 Å². The van der Waals surface area contributed by atoms with Gasteiger partial charge in [-0.05, 0) is 17.7 Å². The van der Waals surface area contributed by atoms with Gasteiger partial charge in [-0.2, -0.15) is 8.42 Å². The lowest BCUT2D eigenvalue weighted by molar-refractivity contribution is -0.151. The van der Waals surface area contributed by atoms with E-state index in [2.05, 4.69) is 10.7 Å². The maximum absolute atomic E-state index is 12.9. The first-order chi connectivity index (χ1) is 17.2. The third-order valence-corrected chi connectivity index (χ3v) is 8.77. The summed E-state index contributed by atoms with van der Waals surface area (Å²) in [5.41, 5.74) is 6.66. The molecule has 1 unspecified atom stereocenters. The molecule has 3 saturated heterocycles. The number of β-lactam (4-membered cyclic amide) rings is 1. The zero-order valence-electron chi connectivity index (χ0n) is 18.5. The Morgan fingerprint density at radius 1 is 1.16 bits per heavy atom. The Morgan fingerprint density at radius 2 is 1.84 bits per heavy atom. The zero-order chi connectivity index (χ0) is 27.4. The van der Waals surface area contributed by atoms with E-state index in [1.807, 2.05) is 0 Å². The number of hydrogen-bond donors (Lipinski definition) is 7. The first-order valence-corrected chi connectivity index (χ1v) is 12.7. The van der Waals surface area contributed by atoms with E-state index < -0.39 is 85.1 Å². The number of fused-ring (bicyclic) bond motifs is 1. The molecule has 0 spiro atoms. The van der Waals surface area contributed by atoms with Crippen molar-refractivity contribution in [3.05, 3.63) is 23.8 Å². The fraction of sp³-hybridized carbons (Fsp3) is 0.389. The van der Waals surface area contributed by atoms with E-state index >= 15 is 0 Å². The van der Waals surface area contributed by atoms with Gasteiger partial charge in [-0.1, -0.05) is 17.8 Å². The van der Waals surface area contributed by atoms with E-state index in [0.29, 0.717) is 11.8 Å². The number of amides is 6. The number of aromatic hydroxyl groups is 2. The second-order valence-electron chi connectivity index (χ2n) is 8.26. The van der Waals surface area contributed by atoms with Crippen LogP contribution in [-0.2, 0) is 24.5 Å². The van der Waals surface area contributed by atoms with Gasteiger partial charge in [0.2, 0.25) is 16.7 Å². The predicted octanol–water partition coefficient (Wildman–Crippen LogP) is -2.47. The molecule has 19 heteroatoms. The van der Waals surface area contributed by atoms with Crippen LogP contribution in [0.1, 0.15) is 10.8 Å². The number of carbonyl (C=O) groups excluding carboxylic acids is 4. The summed E-state index contributed by atoms with van der Waals surface area (Å²) in [5, 5.41) is 28.8. The Bertz CT molecular complexity index is 1320. The molecule has 0 aromatic heterocycles. The Labute approximate surface area is 211 Å². The number of aliphatic carboxylic acids is 1. The third kappa shape index (κ3) is 4.29. The number of benzene rings is 1. The number of nitrogens with two attached hydrogens (primary N) is 1. The smallest absolute Gasteiger partial charge is 0.342 e. The fourth-order valence-electron chi connectivity index (χ4n) is 4.31. The molecular formula is C18H20N6O11S2. The van der Waals surface area contributed by atoms with Crippen molar-refractivity contribution in [3.63, 3.8) is 0 Å². The number of primary amides is 1. The largest absolute Gasteiger partial charge is 0.504 e. The van der Waals surface area contributed by atoms with Gasteiger partial charge in [0.25, 0.3) is 10.1 Å². The SMILES string of the molecule is NC(=O)NN1CCN([C@]2(C(=O)O)CN3C(=O)[C@@H](NC(=O)C(c4ccc(O)c(O)c4)S(=O)(=O)O)[C@H]3S2)C1=O. The predicted molar refractivity (Wildman–Crippen MR) is 121 cm³/mol. The first kappa shape index (κ1) is 26.1. The fourth-order valence-corrected chi connectivity index (χ4v) is 6.77. The number of nitrogens with one attached hydrogen (secondary N) is 2. The number of hydrazine groups is 1. The van der Waals surface area contributed by atoms with Gasteiger partial charge in [-0.15, -0.1) is 0 Å². The summed E-state index contributed by atoms with van der Waals surface area (Å²) in [6.45, 7) is -0.697. The van der Waals surface area contributed by atoms with Crippen molar-refractivity contribution in [1.29, 1.82) is 0 Å². The van der Waals surface area contributed by atoms with Crippen LogP contribution >= 0.6 is 11.8 Å². The van der Waals surface area contributed by atoms with E-state index in [0.717, 1.165) is 33.0 Å². The summed E-state index contributed by atoms with van der Waals surface area (Å²) in [6.07, 6.45) is 0. The lowest BCUT2D eigenvalue weighted by atomic mass is 10.0. The summed E-state index contributed by atoms with van der Waals surface area (Å²) in [7, 11) is -5.12. The molecule has 4 atom stereocenters. The molecule has 3 aliphatic rings. The summed E-state index contributed by atoms with van der Waals surface area (Å²) in [6, 6.07) is -0.742. The highest BCUT2D eigenvalue weighted by molar-refractivity contribution is 8.02. The average Bonchev–Trinajstić information content (AvgIpc) is 3.33. The van der Waals surface area contributed by atoms with Gasteiger partial charge in [-0.25, -0.2) is 24.8 Å². The average molecular weight is 561 g/mol. The van der Waals surface area contributed by atoms with Crippen LogP contribution in [0.3, 0.4) is 0 Å². The molecule has 8 N–H and O–H groups in total. The number of urea groups is 2. The number of thioether (sulfide) groups is 1. The lowest BCUT2D eigenvalue weighted by Gasteiger charge is -2.41. The van der Waals surface area contributed by atoms with E-state index in [1.165, 1.54) is 0 Å². The van der Waals surface area contributed by atoms with Gasteiger partial charge in [0.05, 0.1) is 13.1 Å². The molecule has 1 aromatic rings. The third-order valence-electron chi connectivity index (χ3n) is 6.00. The number of phenolic OH excluding ortho intramolecular Hbond substituents is 2. The Morgan fingerprint density at radius 3 is 2.41 bits per heavy atom. The summed E-state index contributed by atoms with van der Waals surface area (Å²) in [4.78, 5) is 61.7. The minimum atomic E-state index is -5.12. The number of carboxylic acids is 1. The Balaban J connectivity index is 1.56. The molecule has 3 fully saturated rings. The Kier molecular flexibility index (Phi) is 6.24. The molecular weight excluding hydrogens is 540 g/mol. The molecule has 1 aromatic carbocycles. The molecule has 0 radical (unpaired) electrons. The van der Waals surface area contributed by atoms with Gasteiger partial charge >= 0.3 is 18.0 Å². The molecule has 37 heavy (non-hydrogen) atoms. The van der Waals surface area contributed by atoms with Crippen molar-refractivity contribution in [2.24, 2.45) is 5.73 Å². The maximum atomic E-state index is 12.9. The van der Waals surface area contributed by atoms with Crippen molar-refractivity contribution in [2.75, 3.05) is 19.6 Å². The molecule has 6 amide bonds. The molecule has 3 aliphatic heterocycles. The molecule has 0 aliphatic carbocycles. The van der Waals surface area contributed by atoms with Gasteiger partial charge in [-0.3, -0.25) is 19.0 Å². The number of nitrogens with zero attached hydrogens (tertiary/aromatic N) is 3. The van der Waals surface area contributed by atoms with Gasteiger partial charge in [0, 0.05) is 6.54 Å². The molecule has 17 nitrogen and oxygen atoms in total. The standard InChI is InChI=1S/C18H20N6O11S2/c19-16(31)21-24-4-3-23(17(24)32)18(15(29)30)6-22-13(28)10(14(22)36-18)20-12(27)11(37(33,34)35)7-1-2-8(25)9(26)5-7/h1-2,5,10-11,14,25-26H,3-4,6H2,(H,20,27)(H,29,30)(H3,19,21,31)(H,33,34,35)/t10-,11?,14-,18-/m1/s1. The van der Waals surface area contributed by atoms with Gasteiger partial charge < -0.3 is 31.3 Å². The first-order valence-electron chi connectivity index (χ1n) is 10.3. The molecule has 0 bridgehead atoms. The summed E-state index contributed by atoms with van der Waals surface area (Å²) < 4.78 is 33.6. The van der Waals surface area contributed by atoms with Crippen LogP contribution in [0, 0.1) is 0 Å². The second-order valence-corrected chi connectivity index (χ2v) is 11.2. The highest BCUT2D eigenvalue weighted by Gasteiger charge is 2.66. The van der Waals surface area contributed by atoms with Gasteiger partial charge in [0.1, 0.15) is 11.4 Å². The lowest BCUT2D eigenvalue weighted by Crippen LogP contribution is -2.68. The number of phenols is 2. The summed E-state index contributed by atoms with van der Waals surface area (Å²) in [5.74, 6) is -4.98. The van der Waals surface area contributed by atoms with Crippen LogP contribution in [-0.4, -0.2) is 109 Å². The quantitative estimate of drug-likeness (QED) is 0.104. The molecule has 4 rings (SSSR count). The number of carbonyl (C=O) groups is 5. The van der Waals surface area contributed by atoms with Crippen molar-refractivity contribution >= 4 is 51.7 Å². The van der Waals surface area contributed by atoms with Crippen LogP contribution in [0.2, 0.25) is 0 Å². The van der Waals surface area contributed by atoms with Crippen LogP contribution in [0.25, 0.3) is 0 Å². The van der Waals surface area contributed by atoms with E-state index in [4.69, 9.17) is 5.73 Å². The highest BCUT2D eigenvalue weighted by Crippen LogP contribution is 2.49.